The van der Waals surface area contributed by atoms with Crippen molar-refractivity contribution in [1.82, 2.24) is 47.4 Å². The Bertz CT molecular complexity index is 3100. The van der Waals surface area contributed by atoms with Crippen LogP contribution in [0.3, 0.4) is 0 Å². The summed E-state index contributed by atoms with van der Waals surface area (Å²) in [7, 11) is 0. The molecule has 10 atom stereocenters. The first-order valence-electron chi connectivity index (χ1n) is 33.9. The van der Waals surface area contributed by atoms with Gasteiger partial charge in [0.2, 0.25) is 41.4 Å². The largest absolute Gasteiger partial charge is 0.381 e. The Morgan fingerprint density at radius 3 is 1.22 bits per heavy atom. The summed E-state index contributed by atoms with van der Waals surface area (Å²) >= 11 is 0. The number of rotatable bonds is 40. The summed E-state index contributed by atoms with van der Waals surface area (Å²) in [5, 5.41) is 35.9. The number of nitrogens with zero attached hydrogens (tertiary/aromatic N) is 1. The van der Waals surface area contributed by atoms with Crippen molar-refractivity contribution in [3.8, 4) is 0 Å². The highest BCUT2D eigenvalue weighted by Gasteiger charge is 2.50. The van der Waals surface area contributed by atoms with Crippen molar-refractivity contribution in [1.29, 1.82) is 0 Å². The number of ether oxygens (including phenoxy) is 2. The van der Waals surface area contributed by atoms with Gasteiger partial charge in [-0.25, -0.2) is 0 Å². The average Bonchev–Trinajstić information content (AvgIpc) is 1.72. The standard InChI is InChI=1S/C74H105N9O12/c1-48(2)39-58(77-71(91)62(43-54-27-19-13-20-28-54)81-70(90)61(42-51(7)8)80-68(88)57(34-32-53-25-17-12-18-26-53)76-64(84)45-83-35-37-94-38-36-83)65(85)73(9,93)46-75-56(33-31-52-23-15-11-16-24-52)67(87)79-60(41-50(5)6)69(89)82-63(44-55-29-21-14-22-30-55)72(92)78-59(40-49(3)4)66(86)74(10)47-95-74/h11-30,48-51,56-63,75,93H,31-47H2,1-10H3,(H,76,84)(H,77,91)(H,78,92)(H,79,87)(H,80,88)(H,81,90)(H,82,89)/t56-,57-,58-,59-,60-,61-,62-,63-,73+,74+/m0/s1. The fourth-order valence-corrected chi connectivity index (χ4v) is 11.7. The second-order valence-electron chi connectivity index (χ2n) is 27.8. The minimum Gasteiger partial charge on any atom is -0.381 e. The first-order valence-corrected chi connectivity index (χ1v) is 33.9. The van der Waals surface area contributed by atoms with Crippen molar-refractivity contribution in [3.05, 3.63) is 144 Å². The normalized spacial score (nSPS) is 18.0. The molecule has 6 rings (SSSR count). The van der Waals surface area contributed by atoms with E-state index in [1.165, 1.54) is 6.92 Å². The Balaban J connectivity index is 1.20. The minimum absolute atomic E-state index is 0.0113. The molecule has 2 saturated heterocycles. The van der Waals surface area contributed by atoms with Crippen molar-refractivity contribution in [2.45, 2.75) is 193 Å². The van der Waals surface area contributed by atoms with Gasteiger partial charge in [0, 0.05) is 32.5 Å². The zero-order valence-electron chi connectivity index (χ0n) is 57.4. The first-order chi connectivity index (χ1) is 45.2. The molecule has 0 saturated carbocycles. The molecule has 0 spiro atoms. The average molecular weight is 1310 g/mol. The molecule has 0 aliphatic carbocycles. The number of aryl methyl sites for hydroxylation is 2. The second-order valence-corrected chi connectivity index (χ2v) is 27.8. The van der Waals surface area contributed by atoms with Crippen LogP contribution in [0.5, 0.6) is 0 Å². The van der Waals surface area contributed by atoms with E-state index in [-0.39, 0.29) is 93.5 Å². The number of hydrogen-bond acceptors (Lipinski definition) is 14. The number of ketones is 2. The Morgan fingerprint density at radius 2 is 0.800 bits per heavy atom. The number of hydrogen-bond donors (Lipinski definition) is 9. The van der Waals surface area contributed by atoms with Gasteiger partial charge in [-0.15, -0.1) is 0 Å². The van der Waals surface area contributed by atoms with Gasteiger partial charge >= 0.3 is 0 Å². The van der Waals surface area contributed by atoms with Gasteiger partial charge in [0.15, 0.2) is 11.6 Å². The molecular formula is C74H105N9O12. The summed E-state index contributed by atoms with van der Waals surface area (Å²) in [5.41, 5.74) is 0.0713. The molecule has 0 radical (unpaired) electrons. The van der Waals surface area contributed by atoms with E-state index in [0.29, 0.717) is 51.1 Å². The van der Waals surface area contributed by atoms with Crippen LogP contribution in [0.1, 0.15) is 130 Å². The van der Waals surface area contributed by atoms with Crippen LogP contribution in [0.15, 0.2) is 121 Å². The number of Topliss-reactive ketones (excluding diaryl/α,β-unsaturated/α-hetero) is 2. The van der Waals surface area contributed by atoms with Crippen LogP contribution >= 0.6 is 0 Å². The highest BCUT2D eigenvalue weighted by molar-refractivity contribution is 6.00. The van der Waals surface area contributed by atoms with E-state index in [1.54, 1.807) is 31.2 Å². The van der Waals surface area contributed by atoms with Crippen LogP contribution in [-0.2, 0) is 78.3 Å². The number of carbonyl (C=O) groups excluding carboxylic acids is 9. The summed E-state index contributed by atoms with van der Waals surface area (Å²) in [6.07, 6.45) is 2.09. The molecule has 2 aliphatic rings. The highest BCUT2D eigenvalue weighted by atomic mass is 16.6. The fourth-order valence-electron chi connectivity index (χ4n) is 11.7. The van der Waals surface area contributed by atoms with Crippen molar-refractivity contribution in [2.24, 2.45) is 23.7 Å². The van der Waals surface area contributed by atoms with Crippen molar-refractivity contribution in [3.63, 3.8) is 0 Å². The molecule has 0 aromatic heterocycles. The maximum Gasteiger partial charge on any atom is 0.243 e. The molecule has 21 heteroatoms. The van der Waals surface area contributed by atoms with E-state index < -0.39 is 107 Å². The van der Waals surface area contributed by atoms with E-state index in [0.717, 1.165) is 16.7 Å². The van der Waals surface area contributed by atoms with Gasteiger partial charge in [0.1, 0.15) is 41.4 Å². The number of benzene rings is 4. The first kappa shape index (κ1) is 76.3. The molecular weight excluding hydrogens is 1210 g/mol. The Kier molecular flexibility index (Phi) is 30.2. The highest BCUT2D eigenvalue weighted by Crippen LogP contribution is 2.30. The van der Waals surface area contributed by atoms with Crippen LogP contribution in [0.4, 0.5) is 0 Å². The molecule has 7 amide bonds. The van der Waals surface area contributed by atoms with Gasteiger partial charge in [-0.05, 0) is 111 Å². The predicted molar refractivity (Wildman–Crippen MR) is 365 cm³/mol. The molecule has 2 aliphatic heterocycles. The molecule has 2 heterocycles. The number of nitrogens with one attached hydrogen (secondary N) is 8. The van der Waals surface area contributed by atoms with Crippen molar-refractivity contribution >= 4 is 52.9 Å². The SMILES string of the molecule is CC(C)C[C@H](NC(=O)[C@H](CCc1ccccc1)NC[C@@](C)(O)C(=O)[C@H](CC(C)C)NC(=O)[C@H](Cc1ccccc1)NC(=O)[C@H](CC(C)C)NC(=O)[C@H](CCc1ccccc1)NC(=O)CN1CCOCC1)C(=O)N[C@@H](Cc1ccccc1)C(=O)N[C@@H](CC(C)C)C(=O)[C@@]1(C)CO1. The lowest BCUT2D eigenvalue weighted by Crippen LogP contribution is -2.61. The topological polar surface area (TPSA) is 295 Å². The number of epoxide rings is 1. The number of aliphatic hydroxyl groups is 1. The molecule has 21 nitrogen and oxygen atoms in total. The predicted octanol–water partition coefficient (Wildman–Crippen LogP) is 5.28. The van der Waals surface area contributed by atoms with Crippen LogP contribution in [0, 0.1) is 23.7 Å². The maximum absolute atomic E-state index is 14.9. The van der Waals surface area contributed by atoms with E-state index >= 15 is 0 Å². The van der Waals surface area contributed by atoms with E-state index in [4.69, 9.17) is 9.47 Å². The molecule has 0 unspecified atom stereocenters. The van der Waals surface area contributed by atoms with E-state index in [2.05, 4.69) is 42.5 Å². The Labute approximate surface area is 561 Å². The zero-order valence-corrected chi connectivity index (χ0v) is 57.4. The lowest BCUT2D eigenvalue weighted by molar-refractivity contribution is -0.141. The Morgan fingerprint density at radius 1 is 0.463 bits per heavy atom. The minimum atomic E-state index is -2.22. The molecule has 95 heavy (non-hydrogen) atoms. The monoisotopic (exact) mass is 1310 g/mol. The summed E-state index contributed by atoms with van der Waals surface area (Å²) in [4.78, 5) is 132. The summed E-state index contributed by atoms with van der Waals surface area (Å²) in [6.45, 7) is 20.2. The van der Waals surface area contributed by atoms with Gasteiger partial charge < -0.3 is 57.1 Å². The summed E-state index contributed by atoms with van der Waals surface area (Å²) in [5.74, 6) is -5.50. The third kappa shape index (κ3) is 26.1. The van der Waals surface area contributed by atoms with Gasteiger partial charge in [0.05, 0.1) is 44.5 Å². The van der Waals surface area contributed by atoms with Crippen LogP contribution in [-0.4, -0.2) is 168 Å². The Hall–Kier alpha value is -7.69. The van der Waals surface area contributed by atoms with Gasteiger partial charge in [-0.3, -0.25) is 48.1 Å². The zero-order chi connectivity index (χ0) is 69.2. The van der Waals surface area contributed by atoms with Gasteiger partial charge in [0.25, 0.3) is 0 Å². The van der Waals surface area contributed by atoms with Crippen LogP contribution in [0.25, 0.3) is 0 Å². The summed E-state index contributed by atoms with van der Waals surface area (Å²) in [6, 6.07) is 28.1. The van der Waals surface area contributed by atoms with Crippen LogP contribution in [0.2, 0.25) is 0 Å². The maximum atomic E-state index is 14.9. The quantitative estimate of drug-likeness (QED) is 0.0256. The third-order valence-electron chi connectivity index (χ3n) is 17.1. The second kappa shape index (κ2) is 37.6. The number of carbonyl (C=O) groups is 9. The molecule has 2 fully saturated rings. The molecule has 4 aromatic carbocycles. The van der Waals surface area contributed by atoms with Gasteiger partial charge in [-0.2, -0.15) is 0 Å². The van der Waals surface area contributed by atoms with Gasteiger partial charge in [-0.1, -0.05) is 177 Å². The summed E-state index contributed by atoms with van der Waals surface area (Å²) < 4.78 is 10.9. The smallest absolute Gasteiger partial charge is 0.243 e. The third-order valence-corrected chi connectivity index (χ3v) is 17.1. The lowest BCUT2D eigenvalue weighted by atomic mass is 9.89. The number of morpholine rings is 1. The fraction of sp³-hybridized carbons (Fsp3) is 0.554. The molecule has 9 N–H and O–H groups in total. The lowest BCUT2D eigenvalue weighted by Gasteiger charge is -2.32. The molecule has 0 bridgehead atoms. The molecule has 4 aromatic rings. The number of amides is 7. The van der Waals surface area contributed by atoms with E-state index in [1.807, 2.05) is 157 Å². The molecule has 518 valence electrons. The van der Waals surface area contributed by atoms with Crippen LogP contribution < -0.4 is 42.5 Å². The van der Waals surface area contributed by atoms with E-state index in [9.17, 15) is 48.3 Å². The van der Waals surface area contributed by atoms with Crippen molar-refractivity contribution in [2.75, 3.05) is 46.0 Å². The van der Waals surface area contributed by atoms with Crippen molar-refractivity contribution < 1.29 is 57.7 Å².